The summed E-state index contributed by atoms with van der Waals surface area (Å²) in [6.07, 6.45) is 0. The Morgan fingerprint density at radius 3 is 2.48 bits per heavy atom. The first-order valence-electron chi connectivity index (χ1n) is 7.92. The quantitative estimate of drug-likeness (QED) is 0.647. The molecule has 0 unspecified atom stereocenters. The van der Waals surface area contributed by atoms with Gasteiger partial charge in [-0.05, 0) is 35.4 Å². The topological polar surface area (TPSA) is 54.9 Å². The molecule has 0 saturated heterocycles. The Bertz CT molecular complexity index is 766. The highest BCUT2D eigenvalue weighted by atomic mass is 35.5. The van der Waals surface area contributed by atoms with Crippen molar-refractivity contribution in [3.63, 3.8) is 0 Å². The maximum Gasteiger partial charge on any atom is 0.191 e. The van der Waals surface area contributed by atoms with E-state index < -0.39 is 0 Å². The van der Waals surface area contributed by atoms with Crippen LogP contribution in [0.2, 0.25) is 5.02 Å². The first kappa shape index (κ1) is 17.4. The predicted octanol–water partition coefficient (Wildman–Crippen LogP) is 3.12. The zero-order valence-electron chi connectivity index (χ0n) is 13.8. The molecule has 2 aromatic rings. The van der Waals surface area contributed by atoms with E-state index in [0.717, 1.165) is 11.1 Å². The summed E-state index contributed by atoms with van der Waals surface area (Å²) in [4.78, 5) is 4.18. The molecule has 3 rings (SSSR count). The number of aliphatic imine (C=N–C) groups is 1. The fourth-order valence-corrected chi connectivity index (χ4v) is 2.75. The first-order chi connectivity index (χ1) is 12.2. The molecule has 0 bridgehead atoms. The van der Waals surface area contributed by atoms with Crippen LogP contribution in [0.1, 0.15) is 11.1 Å². The van der Waals surface area contributed by atoms with E-state index in [9.17, 15) is 4.39 Å². The Morgan fingerprint density at radius 2 is 1.76 bits per heavy atom. The molecule has 0 aromatic heterocycles. The lowest BCUT2D eigenvalue weighted by atomic mass is 10.2. The number of hydrogen-bond donors (Lipinski definition) is 2. The van der Waals surface area contributed by atoms with Gasteiger partial charge in [-0.15, -0.1) is 0 Å². The van der Waals surface area contributed by atoms with Gasteiger partial charge in [-0.2, -0.15) is 0 Å². The van der Waals surface area contributed by atoms with Crippen molar-refractivity contribution in [2.24, 2.45) is 4.99 Å². The van der Waals surface area contributed by atoms with E-state index in [1.165, 1.54) is 12.1 Å². The highest BCUT2D eigenvalue weighted by molar-refractivity contribution is 6.32. The average molecular weight is 364 g/mol. The molecular formula is C18H19ClFN3O2. The van der Waals surface area contributed by atoms with Crippen molar-refractivity contribution in [3.8, 4) is 11.5 Å². The monoisotopic (exact) mass is 363 g/mol. The van der Waals surface area contributed by atoms with Gasteiger partial charge in [-0.3, -0.25) is 4.99 Å². The molecule has 0 radical (unpaired) electrons. The molecule has 0 amide bonds. The van der Waals surface area contributed by atoms with Gasteiger partial charge in [0.05, 0.1) is 5.02 Å². The highest BCUT2D eigenvalue weighted by Crippen LogP contribution is 2.38. The standard InChI is InChI=1S/C18H19ClFN3O2/c1-21-18(22-10-12-2-4-14(20)5-3-12)23-11-13-8-15(19)17-16(9-13)24-6-7-25-17/h2-5,8-9H,6-7,10-11H2,1H3,(H2,21,22,23). The molecule has 132 valence electrons. The summed E-state index contributed by atoms with van der Waals surface area (Å²) in [5.41, 5.74) is 1.92. The van der Waals surface area contributed by atoms with Gasteiger partial charge in [0.25, 0.3) is 0 Å². The molecule has 0 fully saturated rings. The lowest BCUT2D eigenvalue weighted by Crippen LogP contribution is -2.36. The molecule has 1 aliphatic rings. The van der Waals surface area contributed by atoms with Crippen molar-refractivity contribution in [1.29, 1.82) is 0 Å². The van der Waals surface area contributed by atoms with Crippen LogP contribution in [0.4, 0.5) is 4.39 Å². The maximum atomic E-state index is 12.9. The van der Waals surface area contributed by atoms with Gasteiger partial charge >= 0.3 is 0 Å². The number of halogens is 2. The summed E-state index contributed by atoms with van der Waals surface area (Å²) in [5, 5.41) is 6.92. The molecule has 0 spiro atoms. The third-order valence-electron chi connectivity index (χ3n) is 3.71. The van der Waals surface area contributed by atoms with E-state index in [0.29, 0.717) is 48.8 Å². The zero-order chi connectivity index (χ0) is 17.6. The lowest BCUT2D eigenvalue weighted by molar-refractivity contribution is 0.171. The number of benzene rings is 2. The van der Waals surface area contributed by atoms with Crippen molar-refractivity contribution < 1.29 is 13.9 Å². The molecule has 0 aliphatic carbocycles. The minimum Gasteiger partial charge on any atom is -0.486 e. The second kappa shape index (κ2) is 8.07. The van der Waals surface area contributed by atoms with E-state index >= 15 is 0 Å². The van der Waals surface area contributed by atoms with Gasteiger partial charge in [-0.1, -0.05) is 23.7 Å². The normalized spacial score (nSPS) is 13.5. The van der Waals surface area contributed by atoms with Crippen molar-refractivity contribution in [2.75, 3.05) is 20.3 Å². The van der Waals surface area contributed by atoms with Crippen molar-refractivity contribution in [1.82, 2.24) is 10.6 Å². The molecule has 0 atom stereocenters. The van der Waals surface area contributed by atoms with E-state index in [1.54, 1.807) is 19.2 Å². The number of nitrogens with zero attached hydrogens (tertiary/aromatic N) is 1. The van der Waals surface area contributed by atoms with Gasteiger partial charge in [0.1, 0.15) is 19.0 Å². The van der Waals surface area contributed by atoms with E-state index in [1.807, 2.05) is 12.1 Å². The van der Waals surface area contributed by atoms with Gasteiger partial charge in [0.15, 0.2) is 17.5 Å². The molecule has 1 heterocycles. The fraction of sp³-hybridized carbons (Fsp3) is 0.278. The Balaban J connectivity index is 1.58. The molecule has 2 N–H and O–H groups in total. The number of rotatable bonds is 4. The average Bonchev–Trinajstić information content (AvgIpc) is 2.63. The zero-order valence-corrected chi connectivity index (χ0v) is 14.6. The van der Waals surface area contributed by atoms with Crippen LogP contribution in [0, 0.1) is 5.82 Å². The second-order valence-corrected chi connectivity index (χ2v) is 5.91. The Hall–Kier alpha value is -2.47. The van der Waals surface area contributed by atoms with Gasteiger partial charge < -0.3 is 20.1 Å². The lowest BCUT2D eigenvalue weighted by Gasteiger charge is -2.20. The minimum absolute atomic E-state index is 0.248. The van der Waals surface area contributed by atoms with Crippen molar-refractivity contribution >= 4 is 17.6 Å². The summed E-state index contributed by atoms with van der Waals surface area (Å²) in [7, 11) is 1.69. The van der Waals surface area contributed by atoms with Crippen molar-refractivity contribution in [2.45, 2.75) is 13.1 Å². The summed E-state index contributed by atoms with van der Waals surface area (Å²) in [6, 6.07) is 10.1. The van der Waals surface area contributed by atoms with Crippen molar-refractivity contribution in [3.05, 3.63) is 58.4 Å². The van der Waals surface area contributed by atoms with Crippen LogP contribution in [0.15, 0.2) is 41.4 Å². The summed E-state index contributed by atoms with van der Waals surface area (Å²) < 4.78 is 24.0. The predicted molar refractivity (Wildman–Crippen MR) is 95.9 cm³/mol. The molecule has 2 aromatic carbocycles. The molecule has 5 nitrogen and oxygen atoms in total. The van der Waals surface area contributed by atoms with Crippen LogP contribution in [0.5, 0.6) is 11.5 Å². The summed E-state index contributed by atoms with van der Waals surface area (Å²) in [5.74, 6) is 1.64. The molecule has 1 aliphatic heterocycles. The van der Waals surface area contributed by atoms with Crippen LogP contribution in [-0.4, -0.2) is 26.2 Å². The number of guanidine groups is 1. The number of fused-ring (bicyclic) bond motifs is 1. The van der Waals surface area contributed by atoms with Gasteiger partial charge in [0, 0.05) is 20.1 Å². The van der Waals surface area contributed by atoms with Crippen LogP contribution in [0.3, 0.4) is 0 Å². The van der Waals surface area contributed by atoms with E-state index in [4.69, 9.17) is 21.1 Å². The third kappa shape index (κ3) is 4.54. The van der Waals surface area contributed by atoms with Crippen LogP contribution in [-0.2, 0) is 13.1 Å². The largest absolute Gasteiger partial charge is 0.486 e. The SMILES string of the molecule is CN=C(NCc1ccc(F)cc1)NCc1cc(Cl)c2c(c1)OCCO2. The van der Waals surface area contributed by atoms with E-state index in [2.05, 4.69) is 15.6 Å². The van der Waals surface area contributed by atoms with Crippen LogP contribution < -0.4 is 20.1 Å². The summed E-state index contributed by atoms with van der Waals surface area (Å²) >= 11 is 6.24. The Kier molecular flexibility index (Phi) is 5.60. The number of nitrogens with one attached hydrogen (secondary N) is 2. The highest BCUT2D eigenvalue weighted by Gasteiger charge is 2.16. The maximum absolute atomic E-state index is 12.9. The van der Waals surface area contributed by atoms with Crippen LogP contribution in [0.25, 0.3) is 0 Å². The Labute approximate surface area is 150 Å². The molecule has 7 heteroatoms. The molecule has 25 heavy (non-hydrogen) atoms. The number of hydrogen-bond acceptors (Lipinski definition) is 3. The van der Waals surface area contributed by atoms with Gasteiger partial charge in [-0.25, -0.2) is 4.39 Å². The Morgan fingerprint density at radius 1 is 1.08 bits per heavy atom. The van der Waals surface area contributed by atoms with Gasteiger partial charge in [0.2, 0.25) is 0 Å². The third-order valence-corrected chi connectivity index (χ3v) is 3.99. The number of ether oxygens (including phenoxy) is 2. The smallest absolute Gasteiger partial charge is 0.191 e. The molecular weight excluding hydrogens is 345 g/mol. The first-order valence-corrected chi connectivity index (χ1v) is 8.30. The second-order valence-electron chi connectivity index (χ2n) is 5.51. The minimum atomic E-state index is -0.248. The summed E-state index contributed by atoms with van der Waals surface area (Å²) in [6.45, 7) is 2.09. The van der Waals surface area contributed by atoms with Crippen LogP contribution >= 0.6 is 11.6 Å². The fourth-order valence-electron chi connectivity index (χ4n) is 2.46. The molecule has 0 saturated carbocycles. The van der Waals surface area contributed by atoms with E-state index in [-0.39, 0.29) is 5.82 Å².